The first-order valence-electron chi connectivity index (χ1n) is 9.37. The zero-order chi connectivity index (χ0) is 20.9. The molecule has 0 fully saturated rings. The van der Waals surface area contributed by atoms with Crippen molar-refractivity contribution in [2.75, 3.05) is 19.1 Å². The minimum Gasteiger partial charge on any atom is -0.497 e. The zero-order valence-electron chi connectivity index (χ0n) is 17.0. The highest BCUT2D eigenvalue weighted by Gasteiger charge is 2.39. The van der Waals surface area contributed by atoms with E-state index < -0.39 is 5.66 Å². The van der Waals surface area contributed by atoms with Crippen LogP contribution in [0.2, 0.25) is 0 Å². The Kier molecular flexibility index (Phi) is 6.17. The molecular formula is C21H25N5O3. The number of carbonyl (C=O) groups is 1. The lowest BCUT2D eigenvalue weighted by molar-refractivity contribution is -0.119. The normalized spacial score (nSPS) is 13.6. The molecule has 0 bridgehead atoms. The molecule has 2 aromatic rings. The molecule has 0 spiro atoms. The molecule has 2 heterocycles. The Morgan fingerprint density at radius 1 is 1.28 bits per heavy atom. The van der Waals surface area contributed by atoms with Gasteiger partial charge < -0.3 is 14.4 Å². The molecular weight excluding hydrogens is 370 g/mol. The summed E-state index contributed by atoms with van der Waals surface area (Å²) >= 11 is 0. The number of rotatable bonds is 10. The molecule has 1 aromatic carbocycles. The van der Waals surface area contributed by atoms with E-state index in [1.165, 1.54) is 0 Å². The van der Waals surface area contributed by atoms with Crippen LogP contribution in [-0.2, 0) is 18.4 Å². The van der Waals surface area contributed by atoms with Gasteiger partial charge in [0.05, 0.1) is 32.6 Å². The van der Waals surface area contributed by atoms with Crippen LogP contribution in [0.5, 0.6) is 11.5 Å². The van der Waals surface area contributed by atoms with Crippen LogP contribution in [-0.4, -0.2) is 35.6 Å². The number of terminal acetylenes is 1. The number of anilines is 1. The van der Waals surface area contributed by atoms with E-state index in [1.807, 2.05) is 31.4 Å². The maximum atomic E-state index is 13.2. The summed E-state index contributed by atoms with van der Waals surface area (Å²) in [6, 6.07) is 5.52. The Balaban J connectivity index is 1.79. The number of nitrogens with zero attached hydrogens (tertiary/aromatic N) is 5. The summed E-state index contributed by atoms with van der Waals surface area (Å²) in [5.41, 5.74) is 1.06. The van der Waals surface area contributed by atoms with Crippen molar-refractivity contribution >= 4 is 11.6 Å². The molecule has 0 saturated heterocycles. The van der Waals surface area contributed by atoms with Gasteiger partial charge in [-0.05, 0) is 18.2 Å². The Bertz CT molecular complexity index is 938. The quantitative estimate of drug-likeness (QED) is 0.578. The summed E-state index contributed by atoms with van der Waals surface area (Å²) in [5.74, 6) is 3.95. The summed E-state index contributed by atoms with van der Waals surface area (Å²) in [6.07, 6.45) is 10.9. The van der Waals surface area contributed by atoms with E-state index in [0.717, 1.165) is 5.56 Å². The van der Waals surface area contributed by atoms with E-state index in [0.29, 0.717) is 49.4 Å². The molecule has 1 aliphatic heterocycles. The zero-order valence-corrected chi connectivity index (χ0v) is 17.0. The van der Waals surface area contributed by atoms with Crippen LogP contribution in [0.4, 0.5) is 5.69 Å². The van der Waals surface area contributed by atoms with Gasteiger partial charge in [-0.3, -0.25) is 9.48 Å². The van der Waals surface area contributed by atoms with Crippen LogP contribution in [0.15, 0.2) is 40.8 Å². The summed E-state index contributed by atoms with van der Waals surface area (Å²) in [5, 5.41) is 12.4. The molecule has 0 N–H and O–H groups in total. The lowest BCUT2D eigenvalue weighted by Crippen LogP contribution is -2.31. The number of ether oxygens (including phenoxy) is 2. The monoisotopic (exact) mass is 395 g/mol. The van der Waals surface area contributed by atoms with Crippen molar-refractivity contribution in [1.29, 1.82) is 0 Å². The van der Waals surface area contributed by atoms with E-state index in [2.05, 4.69) is 21.2 Å². The highest BCUT2D eigenvalue weighted by molar-refractivity contribution is 5.93. The smallest absolute Gasteiger partial charge is 0.227 e. The number of aromatic nitrogens is 2. The number of carbonyl (C=O) groups excluding carboxylic acids is 1. The molecule has 0 radical (unpaired) electrons. The first-order chi connectivity index (χ1) is 14.0. The molecule has 8 nitrogen and oxygen atoms in total. The third kappa shape index (κ3) is 4.93. The van der Waals surface area contributed by atoms with Crippen molar-refractivity contribution in [2.45, 2.75) is 37.9 Å². The fourth-order valence-corrected chi connectivity index (χ4v) is 3.16. The number of benzene rings is 1. The molecule has 152 valence electrons. The lowest BCUT2D eigenvalue weighted by atomic mass is 10.0. The van der Waals surface area contributed by atoms with Gasteiger partial charge in [-0.25, -0.2) is 0 Å². The van der Waals surface area contributed by atoms with Crippen molar-refractivity contribution in [3.8, 4) is 23.8 Å². The largest absolute Gasteiger partial charge is 0.497 e. The van der Waals surface area contributed by atoms with Crippen LogP contribution >= 0.6 is 0 Å². The van der Waals surface area contributed by atoms with Gasteiger partial charge in [-0.1, -0.05) is 0 Å². The number of hydrogen-bond donors (Lipinski definition) is 0. The molecule has 0 atom stereocenters. The molecule has 1 amide bonds. The molecule has 1 aromatic heterocycles. The van der Waals surface area contributed by atoms with E-state index in [-0.39, 0.29) is 5.91 Å². The number of hydrogen-bond acceptors (Lipinski definition) is 6. The molecule has 1 aliphatic rings. The second-order valence-electron chi connectivity index (χ2n) is 6.92. The fraction of sp³-hybridized carbons (Fsp3) is 0.429. The summed E-state index contributed by atoms with van der Waals surface area (Å²) < 4.78 is 12.5. The van der Waals surface area contributed by atoms with Crippen LogP contribution in [0, 0.1) is 12.3 Å². The standard InChI is InChI=1S/C21H25N5O3/c1-5-6-10-21(23-24-21)11-9-20(27)26(17-13-22-25(2)15-17)14-16-12-18(28-3)7-8-19(16)29-4/h1,7-8,12-13,15H,6,9-11,14H2,2-4H3. The van der Waals surface area contributed by atoms with Gasteiger partial charge in [0.1, 0.15) is 11.5 Å². The van der Waals surface area contributed by atoms with E-state index in [1.54, 1.807) is 30.0 Å². The minimum absolute atomic E-state index is 0.0414. The van der Waals surface area contributed by atoms with Gasteiger partial charge >= 0.3 is 0 Å². The van der Waals surface area contributed by atoms with Crippen molar-refractivity contribution in [3.63, 3.8) is 0 Å². The van der Waals surface area contributed by atoms with Crippen molar-refractivity contribution in [1.82, 2.24) is 9.78 Å². The molecule has 0 saturated carbocycles. The number of amides is 1. The third-order valence-electron chi connectivity index (χ3n) is 4.91. The number of aryl methyl sites for hydroxylation is 1. The summed E-state index contributed by atoms with van der Waals surface area (Å²) in [7, 11) is 5.02. The maximum Gasteiger partial charge on any atom is 0.227 e. The highest BCUT2D eigenvalue weighted by Crippen LogP contribution is 2.38. The van der Waals surface area contributed by atoms with Crippen LogP contribution < -0.4 is 14.4 Å². The van der Waals surface area contributed by atoms with Crippen LogP contribution in [0.3, 0.4) is 0 Å². The molecule has 8 heteroatoms. The fourth-order valence-electron chi connectivity index (χ4n) is 3.16. The molecule has 0 aliphatic carbocycles. The van der Waals surface area contributed by atoms with Gasteiger partial charge in [0.15, 0.2) is 5.66 Å². The first-order valence-corrected chi connectivity index (χ1v) is 9.37. The predicted octanol–water partition coefficient (Wildman–Crippen LogP) is 3.33. The SMILES string of the molecule is C#CCCC1(CCC(=O)N(Cc2cc(OC)ccc2OC)c2cnn(C)c2)N=N1. The second-order valence-corrected chi connectivity index (χ2v) is 6.92. The van der Waals surface area contributed by atoms with E-state index in [4.69, 9.17) is 15.9 Å². The van der Waals surface area contributed by atoms with E-state index in [9.17, 15) is 4.79 Å². The maximum absolute atomic E-state index is 13.2. The summed E-state index contributed by atoms with van der Waals surface area (Å²) in [6.45, 7) is 0.330. The van der Waals surface area contributed by atoms with Gasteiger partial charge in [0, 0.05) is 44.5 Å². The Morgan fingerprint density at radius 3 is 2.66 bits per heavy atom. The van der Waals surface area contributed by atoms with Crippen LogP contribution in [0.25, 0.3) is 0 Å². The Morgan fingerprint density at radius 2 is 2.07 bits per heavy atom. The minimum atomic E-state index is -0.490. The average Bonchev–Trinajstić information content (AvgIpc) is 3.39. The molecule has 3 rings (SSSR count). The lowest BCUT2D eigenvalue weighted by Gasteiger charge is -2.23. The van der Waals surface area contributed by atoms with Crippen molar-refractivity contribution in [2.24, 2.45) is 17.3 Å². The van der Waals surface area contributed by atoms with Gasteiger partial charge in [0.2, 0.25) is 5.91 Å². The van der Waals surface area contributed by atoms with Crippen molar-refractivity contribution in [3.05, 3.63) is 36.2 Å². The first kappa shape index (κ1) is 20.4. The highest BCUT2D eigenvalue weighted by atomic mass is 16.5. The van der Waals surface area contributed by atoms with Crippen molar-refractivity contribution < 1.29 is 14.3 Å². The van der Waals surface area contributed by atoms with Gasteiger partial charge in [-0.15, -0.1) is 12.3 Å². The Hall–Kier alpha value is -3.34. The molecule has 29 heavy (non-hydrogen) atoms. The van der Waals surface area contributed by atoms with Gasteiger partial charge in [-0.2, -0.15) is 15.3 Å². The summed E-state index contributed by atoms with van der Waals surface area (Å²) in [4.78, 5) is 14.8. The average molecular weight is 395 g/mol. The number of methoxy groups -OCH3 is 2. The topological polar surface area (TPSA) is 81.3 Å². The predicted molar refractivity (Wildman–Crippen MR) is 109 cm³/mol. The van der Waals surface area contributed by atoms with Gasteiger partial charge in [0.25, 0.3) is 0 Å². The molecule has 0 unspecified atom stereocenters. The Labute approximate surface area is 170 Å². The third-order valence-corrected chi connectivity index (χ3v) is 4.91. The van der Waals surface area contributed by atoms with Crippen LogP contribution in [0.1, 0.15) is 31.2 Å². The van der Waals surface area contributed by atoms with E-state index >= 15 is 0 Å². The second kappa shape index (κ2) is 8.78.